The molecule has 0 amide bonds. The Balaban J connectivity index is 1.90. The predicted molar refractivity (Wildman–Crippen MR) is 129 cm³/mol. The van der Waals surface area contributed by atoms with E-state index in [1.165, 1.54) is 0 Å². The fraction of sp³-hybridized carbons (Fsp3) is 0.462. The monoisotopic (exact) mass is 456 g/mol. The summed E-state index contributed by atoms with van der Waals surface area (Å²) in [7, 11) is -2.21. The number of carbonyl (C=O) groups excluding carboxylic acids is 2. The zero-order valence-electron chi connectivity index (χ0n) is 19.7. The summed E-state index contributed by atoms with van der Waals surface area (Å²) in [5.74, 6) is -0.844. The molecule has 0 fully saturated rings. The quantitative estimate of drug-likeness (QED) is 0.241. The zero-order chi connectivity index (χ0) is 23.6. The van der Waals surface area contributed by atoms with E-state index in [0.29, 0.717) is 17.5 Å². The van der Waals surface area contributed by atoms with Crippen LogP contribution in [0, 0.1) is 0 Å². The summed E-state index contributed by atoms with van der Waals surface area (Å²) in [6.45, 7) is 8.24. The van der Waals surface area contributed by atoms with E-state index in [1.54, 1.807) is 48.5 Å². The van der Waals surface area contributed by atoms with Gasteiger partial charge in [0.1, 0.15) is 12.7 Å². The highest BCUT2D eigenvalue weighted by Gasteiger charge is 2.37. The maximum atomic E-state index is 12.5. The highest BCUT2D eigenvalue weighted by atomic mass is 28.4. The number of ether oxygens (including phenoxy) is 2. The fourth-order valence-corrected chi connectivity index (χ4v) is 4.01. The molecule has 0 bridgehead atoms. The molecule has 0 aromatic heterocycles. The van der Waals surface area contributed by atoms with Crippen molar-refractivity contribution in [1.29, 1.82) is 0 Å². The minimum atomic E-state index is -2.21. The molecule has 5 nitrogen and oxygen atoms in total. The minimum absolute atomic E-state index is 0.0222. The lowest BCUT2D eigenvalue weighted by molar-refractivity contribution is -0.00342. The normalized spacial score (nSPS) is 12.8. The molecule has 1 atom stereocenters. The summed E-state index contributed by atoms with van der Waals surface area (Å²) in [5.41, 5.74) is 0.947. The van der Waals surface area contributed by atoms with Gasteiger partial charge in [0.2, 0.25) is 0 Å². The van der Waals surface area contributed by atoms with Crippen LogP contribution in [0.3, 0.4) is 0 Å². The Kier molecular flexibility index (Phi) is 9.66. The van der Waals surface area contributed by atoms with E-state index >= 15 is 0 Å². The van der Waals surface area contributed by atoms with Crippen LogP contribution in [0.2, 0.25) is 18.1 Å². The molecule has 6 heteroatoms. The van der Waals surface area contributed by atoms with Gasteiger partial charge in [-0.3, -0.25) is 0 Å². The Bertz CT molecular complexity index is 844. The van der Waals surface area contributed by atoms with Crippen molar-refractivity contribution in [2.75, 3.05) is 6.61 Å². The van der Waals surface area contributed by atoms with Gasteiger partial charge in [-0.15, -0.1) is 0 Å². The molecular weight excluding hydrogens is 420 g/mol. The van der Waals surface area contributed by atoms with Gasteiger partial charge in [-0.25, -0.2) is 9.59 Å². The molecule has 174 valence electrons. The van der Waals surface area contributed by atoms with Gasteiger partial charge in [0.25, 0.3) is 0 Å². The lowest BCUT2D eigenvalue weighted by Gasteiger charge is -2.35. The van der Waals surface area contributed by atoms with Crippen LogP contribution in [-0.2, 0) is 9.47 Å². The second-order valence-electron chi connectivity index (χ2n) is 9.40. The van der Waals surface area contributed by atoms with Crippen molar-refractivity contribution in [1.82, 2.24) is 0 Å². The van der Waals surface area contributed by atoms with Crippen LogP contribution in [0.1, 0.15) is 66.7 Å². The topological polar surface area (TPSA) is 72.8 Å². The summed E-state index contributed by atoms with van der Waals surface area (Å²) < 4.78 is 11.1. The maximum Gasteiger partial charge on any atom is 0.338 e. The first-order chi connectivity index (χ1) is 15.1. The van der Waals surface area contributed by atoms with Gasteiger partial charge in [-0.1, -0.05) is 63.1 Å². The summed E-state index contributed by atoms with van der Waals surface area (Å²) in [4.78, 5) is 35.3. The molecular formula is C26H36O5Si. The standard InChI is InChI=1S/C26H36O5Si/c1-26(2,32(3,4)29)19-13-7-12-18-23(31-25(28)22-16-10-6-11-17-22)20-30-24(27)21-14-8-5-9-15-21/h5-6,8-11,14-17,23,29H,7,12-13,18-20H2,1-4H3. The Morgan fingerprint density at radius 3 is 1.94 bits per heavy atom. The van der Waals surface area contributed by atoms with Crippen molar-refractivity contribution >= 4 is 20.3 Å². The average molecular weight is 457 g/mol. The van der Waals surface area contributed by atoms with Crippen LogP contribution in [0.25, 0.3) is 0 Å². The second kappa shape index (κ2) is 12.0. The van der Waals surface area contributed by atoms with Crippen LogP contribution >= 0.6 is 0 Å². The molecule has 2 aromatic rings. The molecule has 0 aliphatic heterocycles. The molecule has 0 radical (unpaired) electrons. The van der Waals surface area contributed by atoms with Gasteiger partial charge in [0, 0.05) is 0 Å². The van der Waals surface area contributed by atoms with E-state index in [-0.39, 0.29) is 11.6 Å². The lowest BCUT2D eigenvalue weighted by atomic mass is 10.0. The molecule has 0 aliphatic rings. The second-order valence-corrected chi connectivity index (χ2v) is 13.9. The third-order valence-corrected chi connectivity index (χ3v) is 9.74. The summed E-state index contributed by atoms with van der Waals surface area (Å²) >= 11 is 0. The van der Waals surface area contributed by atoms with Crippen molar-refractivity contribution in [3.8, 4) is 0 Å². The maximum absolute atomic E-state index is 12.5. The van der Waals surface area contributed by atoms with Crippen molar-refractivity contribution in [3.63, 3.8) is 0 Å². The van der Waals surface area contributed by atoms with E-state index < -0.39 is 26.4 Å². The van der Waals surface area contributed by atoms with Gasteiger partial charge in [0.15, 0.2) is 8.32 Å². The molecule has 0 saturated carbocycles. The molecule has 1 N–H and O–H groups in total. The van der Waals surface area contributed by atoms with E-state index in [0.717, 1.165) is 25.7 Å². The summed E-state index contributed by atoms with van der Waals surface area (Å²) in [6, 6.07) is 17.6. The molecule has 0 heterocycles. The highest BCUT2D eigenvalue weighted by molar-refractivity contribution is 6.72. The van der Waals surface area contributed by atoms with Gasteiger partial charge in [-0.05, 0) is 61.7 Å². The first kappa shape index (κ1) is 25.8. The van der Waals surface area contributed by atoms with Gasteiger partial charge >= 0.3 is 11.9 Å². The smallest absolute Gasteiger partial charge is 0.338 e. The minimum Gasteiger partial charge on any atom is -0.458 e. The number of unbranched alkanes of at least 4 members (excludes halogenated alkanes) is 2. The lowest BCUT2D eigenvalue weighted by Crippen LogP contribution is -2.38. The first-order valence-corrected chi connectivity index (χ1v) is 14.3. The number of rotatable bonds is 12. The van der Waals surface area contributed by atoms with Crippen molar-refractivity contribution in [3.05, 3.63) is 71.8 Å². The predicted octanol–water partition coefficient (Wildman–Crippen LogP) is 6.00. The number of benzene rings is 2. The van der Waals surface area contributed by atoms with Crippen molar-refractivity contribution in [2.24, 2.45) is 0 Å². The number of hydrogen-bond donors (Lipinski definition) is 1. The number of esters is 2. The Hall–Kier alpha value is -2.44. The molecule has 2 rings (SSSR count). The van der Waals surface area contributed by atoms with Crippen LogP contribution in [-0.4, -0.2) is 37.8 Å². The molecule has 32 heavy (non-hydrogen) atoms. The third-order valence-electron chi connectivity index (χ3n) is 6.18. The number of hydrogen-bond acceptors (Lipinski definition) is 5. The highest BCUT2D eigenvalue weighted by Crippen LogP contribution is 2.40. The Morgan fingerprint density at radius 2 is 1.41 bits per heavy atom. The van der Waals surface area contributed by atoms with Crippen LogP contribution in [0.4, 0.5) is 0 Å². The molecule has 0 saturated heterocycles. The molecule has 0 aliphatic carbocycles. The van der Waals surface area contributed by atoms with Crippen molar-refractivity contribution < 1.29 is 23.9 Å². The van der Waals surface area contributed by atoms with E-state index in [9.17, 15) is 14.4 Å². The van der Waals surface area contributed by atoms with Crippen LogP contribution in [0.15, 0.2) is 60.7 Å². The average Bonchev–Trinajstić information content (AvgIpc) is 2.77. The van der Waals surface area contributed by atoms with Crippen molar-refractivity contribution in [2.45, 2.75) is 70.2 Å². The Morgan fingerprint density at radius 1 is 0.875 bits per heavy atom. The molecule has 0 spiro atoms. The first-order valence-electron chi connectivity index (χ1n) is 11.3. The van der Waals surface area contributed by atoms with Crippen LogP contribution in [0.5, 0.6) is 0 Å². The molecule has 1 unspecified atom stereocenters. The Labute approximate surface area is 192 Å². The number of carbonyl (C=O) groups is 2. The SMILES string of the molecule is CC(C)(CCCCCC(COC(=O)c1ccccc1)OC(=O)c1ccccc1)[Si](C)(C)O. The summed E-state index contributed by atoms with van der Waals surface area (Å²) in [5, 5.41) is -0.0443. The van der Waals surface area contributed by atoms with Gasteiger partial charge in [0.05, 0.1) is 11.1 Å². The van der Waals surface area contributed by atoms with Gasteiger partial charge in [-0.2, -0.15) is 0 Å². The van der Waals surface area contributed by atoms with E-state index in [4.69, 9.17) is 9.47 Å². The zero-order valence-corrected chi connectivity index (χ0v) is 20.7. The third kappa shape index (κ3) is 8.24. The van der Waals surface area contributed by atoms with E-state index in [2.05, 4.69) is 13.8 Å². The molecule has 2 aromatic carbocycles. The fourth-order valence-electron chi connectivity index (χ4n) is 3.22. The largest absolute Gasteiger partial charge is 0.458 e. The van der Waals surface area contributed by atoms with Crippen LogP contribution < -0.4 is 0 Å². The summed E-state index contributed by atoms with van der Waals surface area (Å²) in [6.07, 6.45) is 3.86. The van der Waals surface area contributed by atoms with E-state index in [1.807, 2.05) is 25.2 Å². The van der Waals surface area contributed by atoms with Gasteiger partial charge < -0.3 is 14.3 Å².